The van der Waals surface area contributed by atoms with Crippen molar-refractivity contribution in [1.82, 2.24) is 5.32 Å². The Balaban J connectivity index is 1.83. The molecule has 3 aromatic rings. The number of amides is 2. The van der Waals surface area contributed by atoms with Crippen LogP contribution in [0.3, 0.4) is 0 Å². The van der Waals surface area contributed by atoms with Crippen LogP contribution in [0.1, 0.15) is 26.3 Å². The van der Waals surface area contributed by atoms with Crippen molar-refractivity contribution in [2.24, 2.45) is 4.99 Å². The molecule has 3 aromatic carbocycles. The highest BCUT2D eigenvalue weighted by molar-refractivity contribution is 6.56. The van der Waals surface area contributed by atoms with Crippen LogP contribution in [0.5, 0.6) is 0 Å². The smallest absolute Gasteiger partial charge is 0.282 e. The highest BCUT2D eigenvalue weighted by Gasteiger charge is 2.34. The zero-order chi connectivity index (χ0) is 20.4. The minimum absolute atomic E-state index is 0.211. The van der Waals surface area contributed by atoms with Gasteiger partial charge in [-0.25, -0.2) is 4.99 Å². The Bertz CT molecular complexity index is 1150. The second kappa shape index (κ2) is 7.52. The van der Waals surface area contributed by atoms with Crippen LogP contribution >= 0.6 is 0 Å². The van der Waals surface area contributed by atoms with Gasteiger partial charge in [-0.3, -0.25) is 19.3 Å². The Kier molecular flexibility index (Phi) is 4.75. The van der Waals surface area contributed by atoms with Gasteiger partial charge in [0.1, 0.15) is 5.71 Å². The van der Waals surface area contributed by atoms with Crippen LogP contribution in [0, 0.1) is 0 Å². The lowest BCUT2D eigenvalue weighted by molar-refractivity contribution is -0.111. The predicted molar refractivity (Wildman–Crippen MR) is 111 cm³/mol. The molecular weight excluding hydrogens is 366 g/mol. The summed E-state index contributed by atoms with van der Waals surface area (Å²) in [5, 5.41) is 2.51. The Morgan fingerprint density at radius 1 is 1.00 bits per heavy atom. The first-order valence-corrected chi connectivity index (χ1v) is 9.03. The molecule has 1 heterocycles. The van der Waals surface area contributed by atoms with Crippen molar-refractivity contribution in [2.75, 3.05) is 11.9 Å². The Hall–Kier alpha value is -4.06. The summed E-state index contributed by atoms with van der Waals surface area (Å²) in [5.74, 6) is -0.642. The van der Waals surface area contributed by atoms with Crippen molar-refractivity contribution in [3.8, 4) is 0 Å². The van der Waals surface area contributed by atoms with Gasteiger partial charge in [0.05, 0.1) is 16.9 Å². The maximum absolute atomic E-state index is 13.2. The van der Waals surface area contributed by atoms with Gasteiger partial charge in [0.25, 0.3) is 11.8 Å². The summed E-state index contributed by atoms with van der Waals surface area (Å²) in [5.41, 5.74) is 3.38. The van der Waals surface area contributed by atoms with Crippen molar-refractivity contribution in [1.29, 1.82) is 0 Å². The monoisotopic (exact) mass is 383 g/mol. The normalized spacial score (nSPS) is 14.0. The van der Waals surface area contributed by atoms with Gasteiger partial charge in [-0.15, -0.1) is 0 Å². The largest absolute Gasteiger partial charge is 0.355 e. The van der Waals surface area contributed by atoms with Gasteiger partial charge < -0.3 is 5.32 Å². The lowest BCUT2D eigenvalue weighted by Gasteiger charge is -2.16. The van der Waals surface area contributed by atoms with Crippen molar-refractivity contribution in [3.63, 3.8) is 0 Å². The lowest BCUT2D eigenvalue weighted by atomic mass is 10.1. The summed E-state index contributed by atoms with van der Waals surface area (Å²) in [6, 6.07) is 21.4. The standard InChI is InChI=1S/C23H17N3O3/c1-24-22(28)19-13-16(12-11-15(19)14-27)25-21-18-9-5-6-10-20(18)26(23(21)29)17-7-3-2-4-8-17/h2-14H,1H3,(H,24,28). The predicted octanol–water partition coefficient (Wildman–Crippen LogP) is 3.66. The number of carbonyl (C=O) groups excluding carboxylic acids is 3. The fraction of sp³-hybridized carbons (Fsp3) is 0.0435. The van der Waals surface area contributed by atoms with Crippen LogP contribution in [-0.4, -0.2) is 30.9 Å². The molecular formula is C23H17N3O3. The Morgan fingerprint density at radius 2 is 1.72 bits per heavy atom. The fourth-order valence-electron chi connectivity index (χ4n) is 3.32. The second-order valence-electron chi connectivity index (χ2n) is 6.42. The summed E-state index contributed by atoms with van der Waals surface area (Å²) in [4.78, 5) is 42.7. The first kappa shape index (κ1) is 18.3. The van der Waals surface area contributed by atoms with Crippen LogP contribution in [-0.2, 0) is 4.79 Å². The van der Waals surface area contributed by atoms with Crippen LogP contribution in [0.15, 0.2) is 77.8 Å². The summed E-state index contributed by atoms with van der Waals surface area (Å²) >= 11 is 0. The molecule has 0 unspecified atom stereocenters. The summed E-state index contributed by atoms with van der Waals surface area (Å²) < 4.78 is 0. The summed E-state index contributed by atoms with van der Waals surface area (Å²) in [6.45, 7) is 0. The van der Waals surface area contributed by atoms with E-state index in [2.05, 4.69) is 10.3 Å². The third-order valence-electron chi connectivity index (χ3n) is 4.70. The minimum atomic E-state index is -0.391. The SMILES string of the molecule is CNC(=O)c1cc(N=C2C(=O)N(c3ccccc3)c3ccccc32)ccc1C=O. The van der Waals surface area contributed by atoms with E-state index < -0.39 is 5.91 Å². The van der Waals surface area contributed by atoms with Crippen molar-refractivity contribution >= 4 is 40.9 Å². The van der Waals surface area contributed by atoms with Gasteiger partial charge in [-0.1, -0.05) is 36.4 Å². The molecule has 0 spiro atoms. The first-order chi connectivity index (χ1) is 14.1. The molecule has 1 aliphatic heterocycles. The van der Waals surface area contributed by atoms with Crippen molar-refractivity contribution < 1.29 is 14.4 Å². The molecule has 0 bridgehead atoms. The van der Waals surface area contributed by atoms with Crippen LogP contribution in [0.25, 0.3) is 0 Å². The van der Waals surface area contributed by atoms with Gasteiger partial charge in [-0.05, 0) is 36.4 Å². The molecule has 6 nitrogen and oxygen atoms in total. The molecule has 1 aliphatic rings. The molecule has 0 saturated carbocycles. The van der Waals surface area contributed by atoms with E-state index in [9.17, 15) is 14.4 Å². The van der Waals surface area contributed by atoms with E-state index in [0.717, 1.165) is 11.4 Å². The number of nitrogens with zero attached hydrogens (tertiary/aromatic N) is 2. The van der Waals surface area contributed by atoms with E-state index in [4.69, 9.17) is 0 Å². The van der Waals surface area contributed by atoms with Crippen LogP contribution in [0.2, 0.25) is 0 Å². The molecule has 0 aliphatic carbocycles. The molecule has 4 rings (SSSR count). The van der Waals surface area contributed by atoms with Crippen LogP contribution < -0.4 is 10.2 Å². The molecule has 29 heavy (non-hydrogen) atoms. The molecule has 142 valence electrons. The van der Waals surface area contributed by atoms with E-state index in [0.29, 0.717) is 17.5 Å². The number of hydrogen-bond donors (Lipinski definition) is 1. The third-order valence-corrected chi connectivity index (χ3v) is 4.70. The quantitative estimate of drug-likeness (QED) is 0.699. The number of fused-ring (bicyclic) bond motifs is 1. The zero-order valence-electron chi connectivity index (χ0n) is 15.6. The summed E-state index contributed by atoms with van der Waals surface area (Å²) in [6.07, 6.45) is 0.620. The number of carbonyl (C=O) groups is 3. The number of aliphatic imine (C=N–C) groups is 1. The zero-order valence-corrected chi connectivity index (χ0v) is 15.6. The van der Waals surface area contributed by atoms with E-state index in [1.807, 2.05) is 54.6 Å². The number of rotatable bonds is 4. The number of anilines is 2. The highest BCUT2D eigenvalue weighted by Crippen LogP contribution is 2.36. The second-order valence-corrected chi connectivity index (χ2v) is 6.42. The van der Waals surface area contributed by atoms with E-state index in [1.54, 1.807) is 11.0 Å². The summed E-state index contributed by atoms with van der Waals surface area (Å²) in [7, 11) is 1.49. The Labute approximate surface area is 167 Å². The third kappa shape index (κ3) is 3.21. The molecule has 2 amide bonds. The number of benzene rings is 3. The van der Waals surface area contributed by atoms with Gasteiger partial charge in [0, 0.05) is 23.9 Å². The molecule has 0 atom stereocenters. The molecule has 6 heteroatoms. The maximum atomic E-state index is 13.2. The molecule has 0 fully saturated rings. The van der Waals surface area contributed by atoms with Crippen molar-refractivity contribution in [3.05, 3.63) is 89.5 Å². The van der Waals surface area contributed by atoms with E-state index >= 15 is 0 Å². The van der Waals surface area contributed by atoms with Gasteiger partial charge in [0.2, 0.25) is 0 Å². The number of aldehydes is 1. The topological polar surface area (TPSA) is 78.8 Å². The van der Waals surface area contributed by atoms with Crippen molar-refractivity contribution in [2.45, 2.75) is 0 Å². The maximum Gasteiger partial charge on any atom is 0.282 e. The molecule has 0 aromatic heterocycles. The lowest BCUT2D eigenvalue weighted by Crippen LogP contribution is -2.25. The average molecular weight is 383 g/mol. The number of para-hydroxylation sites is 2. The number of hydrogen-bond acceptors (Lipinski definition) is 4. The molecule has 0 saturated heterocycles. The molecule has 0 radical (unpaired) electrons. The van der Waals surface area contributed by atoms with E-state index in [1.165, 1.54) is 19.2 Å². The molecule has 1 N–H and O–H groups in total. The Morgan fingerprint density at radius 3 is 2.45 bits per heavy atom. The first-order valence-electron chi connectivity index (χ1n) is 9.03. The number of nitrogens with one attached hydrogen (secondary N) is 1. The van der Waals surface area contributed by atoms with Gasteiger partial charge in [0.15, 0.2) is 6.29 Å². The fourth-order valence-corrected chi connectivity index (χ4v) is 3.32. The average Bonchev–Trinajstić information content (AvgIpc) is 3.05. The van der Waals surface area contributed by atoms with Crippen LogP contribution in [0.4, 0.5) is 17.1 Å². The van der Waals surface area contributed by atoms with E-state index in [-0.39, 0.29) is 22.7 Å². The van der Waals surface area contributed by atoms with Gasteiger partial charge >= 0.3 is 0 Å². The minimum Gasteiger partial charge on any atom is -0.355 e. The highest BCUT2D eigenvalue weighted by atomic mass is 16.2. The van der Waals surface area contributed by atoms with Gasteiger partial charge in [-0.2, -0.15) is 0 Å².